The lowest BCUT2D eigenvalue weighted by Gasteiger charge is -2.19. The summed E-state index contributed by atoms with van der Waals surface area (Å²) < 4.78 is 12.7. The molecular formula is C9H13FO. The number of rotatable bonds is 1. The van der Waals surface area contributed by atoms with Gasteiger partial charge in [-0.15, -0.1) is 0 Å². The lowest BCUT2D eigenvalue weighted by molar-refractivity contribution is 0.326. The van der Waals surface area contributed by atoms with Crippen molar-refractivity contribution < 1.29 is 9.50 Å². The molecular weight excluding hydrogens is 143 g/mol. The van der Waals surface area contributed by atoms with Crippen molar-refractivity contribution in [2.45, 2.75) is 20.3 Å². The van der Waals surface area contributed by atoms with E-state index in [1.54, 1.807) is 6.08 Å². The summed E-state index contributed by atoms with van der Waals surface area (Å²) in [5, 5.41) is 9.08. The van der Waals surface area contributed by atoms with Crippen LogP contribution in [0.25, 0.3) is 0 Å². The zero-order valence-corrected chi connectivity index (χ0v) is 6.84. The Morgan fingerprint density at radius 3 is 2.73 bits per heavy atom. The molecule has 1 aliphatic rings. The number of halogens is 1. The molecule has 1 unspecified atom stereocenters. The van der Waals surface area contributed by atoms with Crippen LogP contribution in [0.3, 0.4) is 0 Å². The lowest BCUT2D eigenvalue weighted by atomic mass is 9.88. The van der Waals surface area contributed by atoms with Crippen molar-refractivity contribution in [3.63, 3.8) is 0 Å². The molecule has 1 atom stereocenters. The van der Waals surface area contributed by atoms with Gasteiger partial charge in [-0.2, -0.15) is 0 Å². The van der Waals surface area contributed by atoms with E-state index in [4.69, 9.17) is 5.11 Å². The second-order valence-corrected chi connectivity index (χ2v) is 3.30. The third kappa shape index (κ3) is 2.07. The monoisotopic (exact) mass is 156 g/mol. The largest absolute Gasteiger partial charge is 0.512 e. The van der Waals surface area contributed by atoms with Gasteiger partial charge in [0.15, 0.2) is 0 Å². The highest BCUT2D eigenvalue weighted by atomic mass is 19.1. The summed E-state index contributed by atoms with van der Waals surface area (Å²) in [5.41, 5.74) is 0. The highest BCUT2D eigenvalue weighted by Gasteiger charge is 2.17. The fourth-order valence-electron chi connectivity index (χ4n) is 1.20. The molecule has 0 radical (unpaired) electrons. The van der Waals surface area contributed by atoms with E-state index in [1.807, 2.05) is 13.8 Å². The fraction of sp³-hybridized carbons (Fsp3) is 0.556. The molecule has 0 aromatic carbocycles. The van der Waals surface area contributed by atoms with Gasteiger partial charge in [-0.05, 0) is 17.9 Å². The second-order valence-electron chi connectivity index (χ2n) is 3.30. The maximum Gasteiger partial charge on any atom is 0.122 e. The van der Waals surface area contributed by atoms with Gasteiger partial charge in [0.05, 0.1) is 5.76 Å². The van der Waals surface area contributed by atoms with Crippen LogP contribution in [0.1, 0.15) is 20.3 Å². The van der Waals surface area contributed by atoms with Crippen molar-refractivity contribution in [1.82, 2.24) is 0 Å². The predicted octanol–water partition coefficient (Wildman–Crippen LogP) is 2.96. The van der Waals surface area contributed by atoms with Gasteiger partial charge in [-0.25, -0.2) is 4.39 Å². The molecule has 0 spiro atoms. The molecule has 1 rings (SSSR count). The molecule has 2 heteroatoms. The Bertz CT molecular complexity index is 204. The third-order valence-electron chi connectivity index (χ3n) is 1.98. The topological polar surface area (TPSA) is 20.2 Å². The molecule has 0 aromatic rings. The summed E-state index contributed by atoms with van der Waals surface area (Å²) >= 11 is 0. The normalized spacial score (nSPS) is 24.9. The van der Waals surface area contributed by atoms with E-state index >= 15 is 0 Å². The van der Waals surface area contributed by atoms with E-state index in [1.165, 1.54) is 6.08 Å². The van der Waals surface area contributed by atoms with Crippen LogP contribution < -0.4 is 0 Å². The van der Waals surface area contributed by atoms with E-state index in [-0.39, 0.29) is 17.5 Å². The van der Waals surface area contributed by atoms with Crippen LogP contribution in [0, 0.1) is 11.8 Å². The summed E-state index contributed by atoms with van der Waals surface area (Å²) in [6.45, 7) is 4.04. The Morgan fingerprint density at radius 2 is 2.27 bits per heavy atom. The van der Waals surface area contributed by atoms with Gasteiger partial charge in [-0.3, -0.25) is 0 Å². The van der Waals surface area contributed by atoms with Gasteiger partial charge in [0.25, 0.3) is 0 Å². The molecule has 0 aliphatic heterocycles. The Morgan fingerprint density at radius 1 is 1.64 bits per heavy atom. The van der Waals surface area contributed by atoms with Crippen molar-refractivity contribution >= 4 is 0 Å². The molecule has 0 heterocycles. The number of allylic oxidation sites excluding steroid dienone is 4. The number of hydrogen-bond donors (Lipinski definition) is 1. The molecule has 1 nitrogen and oxygen atoms in total. The molecule has 0 bridgehead atoms. The average molecular weight is 156 g/mol. The van der Waals surface area contributed by atoms with E-state index < -0.39 is 0 Å². The first kappa shape index (κ1) is 8.31. The number of aliphatic hydroxyl groups excluding tert-OH is 1. The minimum absolute atomic E-state index is 0.153. The number of aliphatic hydroxyl groups is 1. The van der Waals surface area contributed by atoms with Gasteiger partial charge in [0.2, 0.25) is 0 Å². The van der Waals surface area contributed by atoms with Crippen LogP contribution in [0.5, 0.6) is 0 Å². The van der Waals surface area contributed by atoms with Crippen LogP contribution in [-0.4, -0.2) is 5.11 Å². The molecule has 0 saturated heterocycles. The molecule has 0 amide bonds. The van der Waals surface area contributed by atoms with Crippen LogP contribution in [-0.2, 0) is 0 Å². The Hall–Kier alpha value is -0.790. The van der Waals surface area contributed by atoms with Crippen molar-refractivity contribution in [2.24, 2.45) is 11.8 Å². The summed E-state index contributed by atoms with van der Waals surface area (Å²) in [6, 6.07) is 0. The quantitative estimate of drug-likeness (QED) is 0.618. The molecule has 11 heavy (non-hydrogen) atoms. The molecule has 1 aliphatic carbocycles. The lowest BCUT2D eigenvalue weighted by Crippen LogP contribution is -2.10. The highest BCUT2D eigenvalue weighted by molar-refractivity contribution is 5.21. The van der Waals surface area contributed by atoms with Gasteiger partial charge in [0, 0.05) is 12.5 Å². The SMILES string of the molecule is CC(C)C1C=C(F)C=C(O)C1. The summed E-state index contributed by atoms with van der Waals surface area (Å²) in [6.07, 6.45) is 3.33. The maximum absolute atomic E-state index is 12.7. The van der Waals surface area contributed by atoms with Crippen LogP contribution in [0.4, 0.5) is 4.39 Å². The minimum atomic E-state index is -0.313. The van der Waals surface area contributed by atoms with E-state index in [0.717, 1.165) is 0 Å². The Balaban J connectivity index is 2.71. The van der Waals surface area contributed by atoms with Gasteiger partial charge >= 0.3 is 0 Å². The molecule has 0 saturated carbocycles. The van der Waals surface area contributed by atoms with E-state index in [0.29, 0.717) is 12.3 Å². The van der Waals surface area contributed by atoms with Gasteiger partial charge < -0.3 is 5.11 Å². The molecule has 0 aromatic heterocycles. The molecule has 1 N–H and O–H groups in total. The van der Waals surface area contributed by atoms with Crippen molar-refractivity contribution in [3.8, 4) is 0 Å². The van der Waals surface area contributed by atoms with E-state index in [9.17, 15) is 4.39 Å². The van der Waals surface area contributed by atoms with Crippen molar-refractivity contribution in [1.29, 1.82) is 0 Å². The van der Waals surface area contributed by atoms with Crippen LogP contribution in [0.2, 0.25) is 0 Å². The van der Waals surface area contributed by atoms with Crippen molar-refractivity contribution in [3.05, 3.63) is 23.7 Å². The minimum Gasteiger partial charge on any atom is -0.512 e. The zero-order valence-electron chi connectivity index (χ0n) is 6.84. The van der Waals surface area contributed by atoms with Crippen LogP contribution >= 0.6 is 0 Å². The molecule has 62 valence electrons. The fourth-order valence-corrected chi connectivity index (χ4v) is 1.20. The molecule has 0 fully saturated rings. The second kappa shape index (κ2) is 3.07. The van der Waals surface area contributed by atoms with Gasteiger partial charge in [-0.1, -0.05) is 13.8 Å². The first-order chi connectivity index (χ1) is 5.09. The Labute approximate surface area is 66.2 Å². The summed E-state index contributed by atoms with van der Waals surface area (Å²) in [5.74, 6) is 0.382. The standard InChI is InChI=1S/C9H13FO/c1-6(2)7-3-8(10)5-9(11)4-7/h3,5-7,11H,4H2,1-2H3. The number of hydrogen-bond acceptors (Lipinski definition) is 1. The Kier molecular flexibility index (Phi) is 2.32. The maximum atomic E-state index is 12.7. The first-order valence-electron chi connectivity index (χ1n) is 3.86. The van der Waals surface area contributed by atoms with E-state index in [2.05, 4.69) is 0 Å². The zero-order chi connectivity index (χ0) is 8.43. The van der Waals surface area contributed by atoms with Gasteiger partial charge in [0.1, 0.15) is 5.83 Å². The smallest absolute Gasteiger partial charge is 0.122 e. The third-order valence-corrected chi connectivity index (χ3v) is 1.98. The average Bonchev–Trinajstić information content (AvgIpc) is 1.85. The first-order valence-corrected chi connectivity index (χ1v) is 3.86. The van der Waals surface area contributed by atoms with Crippen molar-refractivity contribution in [2.75, 3.05) is 0 Å². The predicted molar refractivity (Wildman–Crippen MR) is 42.8 cm³/mol. The van der Waals surface area contributed by atoms with Crippen LogP contribution in [0.15, 0.2) is 23.7 Å². The summed E-state index contributed by atoms with van der Waals surface area (Å²) in [4.78, 5) is 0. The highest BCUT2D eigenvalue weighted by Crippen LogP contribution is 2.27. The summed E-state index contributed by atoms with van der Waals surface area (Å²) in [7, 11) is 0.